The summed E-state index contributed by atoms with van der Waals surface area (Å²) >= 11 is 0. The van der Waals surface area contributed by atoms with Crippen molar-refractivity contribution in [2.75, 3.05) is 19.6 Å². The predicted octanol–water partition coefficient (Wildman–Crippen LogP) is 1.60. The second-order valence-corrected chi connectivity index (χ2v) is 4.90. The summed E-state index contributed by atoms with van der Waals surface area (Å²) < 4.78 is 1.88. The van der Waals surface area contributed by atoms with E-state index in [2.05, 4.69) is 23.8 Å². The summed E-state index contributed by atoms with van der Waals surface area (Å²) in [5.41, 5.74) is 0.314. The van der Waals surface area contributed by atoms with E-state index in [1.807, 2.05) is 17.1 Å². The molecule has 1 unspecified atom stereocenters. The molecule has 0 saturated carbocycles. The standard InChI is InChI=1S/C13H23N3O/c1-3-15-8-5-6-13(17,7-9-15)12-10-14-16(4-2)11-12/h10-11,17H,3-9H2,1-2H3. The van der Waals surface area contributed by atoms with Crippen molar-refractivity contribution in [1.82, 2.24) is 14.7 Å². The number of nitrogens with zero attached hydrogens (tertiary/aromatic N) is 3. The first-order chi connectivity index (χ1) is 8.18. The Morgan fingerprint density at radius 2 is 2.12 bits per heavy atom. The van der Waals surface area contributed by atoms with Crippen molar-refractivity contribution >= 4 is 0 Å². The molecule has 1 aromatic rings. The molecule has 0 radical (unpaired) electrons. The van der Waals surface area contributed by atoms with Crippen LogP contribution in [0.4, 0.5) is 0 Å². The van der Waals surface area contributed by atoms with Crippen LogP contribution in [0.3, 0.4) is 0 Å². The molecule has 4 nitrogen and oxygen atoms in total. The molecular formula is C13H23N3O. The maximum atomic E-state index is 10.8. The van der Waals surface area contributed by atoms with Crippen LogP contribution in [0.25, 0.3) is 0 Å². The Balaban J connectivity index is 2.12. The van der Waals surface area contributed by atoms with Crippen LogP contribution in [0.1, 0.15) is 38.7 Å². The Hall–Kier alpha value is -0.870. The molecule has 1 N–H and O–H groups in total. The summed E-state index contributed by atoms with van der Waals surface area (Å²) in [6, 6.07) is 0. The number of likely N-dealkylation sites (tertiary alicyclic amines) is 1. The van der Waals surface area contributed by atoms with Gasteiger partial charge in [-0.25, -0.2) is 0 Å². The van der Waals surface area contributed by atoms with Crippen LogP contribution in [0, 0.1) is 0 Å². The van der Waals surface area contributed by atoms with Gasteiger partial charge >= 0.3 is 0 Å². The SMILES string of the molecule is CCN1CCCC(O)(c2cnn(CC)c2)CC1. The largest absolute Gasteiger partial charge is 0.385 e. The molecule has 2 heterocycles. The minimum Gasteiger partial charge on any atom is -0.385 e. The maximum Gasteiger partial charge on any atom is 0.0939 e. The van der Waals surface area contributed by atoms with Gasteiger partial charge in [0.05, 0.1) is 11.8 Å². The molecule has 1 aliphatic heterocycles. The van der Waals surface area contributed by atoms with Gasteiger partial charge in [-0.1, -0.05) is 6.92 Å². The van der Waals surface area contributed by atoms with Crippen molar-refractivity contribution < 1.29 is 5.11 Å². The average molecular weight is 237 g/mol. The fourth-order valence-electron chi connectivity index (χ4n) is 2.56. The second-order valence-electron chi connectivity index (χ2n) is 4.90. The number of hydrogen-bond donors (Lipinski definition) is 1. The first kappa shape index (κ1) is 12.6. The van der Waals surface area contributed by atoms with Gasteiger partial charge in [0.15, 0.2) is 0 Å². The van der Waals surface area contributed by atoms with Gasteiger partial charge in [0.2, 0.25) is 0 Å². The highest BCUT2D eigenvalue weighted by Gasteiger charge is 2.32. The van der Waals surface area contributed by atoms with Gasteiger partial charge in [0, 0.05) is 24.8 Å². The van der Waals surface area contributed by atoms with Crippen LogP contribution >= 0.6 is 0 Å². The number of aryl methyl sites for hydroxylation is 1. The van der Waals surface area contributed by atoms with Crippen molar-refractivity contribution in [3.05, 3.63) is 18.0 Å². The summed E-state index contributed by atoms with van der Waals surface area (Å²) in [4.78, 5) is 2.40. The Morgan fingerprint density at radius 3 is 2.76 bits per heavy atom. The molecule has 1 aliphatic rings. The van der Waals surface area contributed by atoms with E-state index in [1.165, 1.54) is 0 Å². The summed E-state index contributed by atoms with van der Waals surface area (Å²) in [6.45, 7) is 8.25. The van der Waals surface area contributed by atoms with Crippen LogP contribution in [0.5, 0.6) is 0 Å². The maximum absolute atomic E-state index is 10.8. The minimum atomic E-state index is -0.669. The smallest absolute Gasteiger partial charge is 0.0939 e. The van der Waals surface area contributed by atoms with Gasteiger partial charge < -0.3 is 10.0 Å². The lowest BCUT2D eigenvalue weighted by atomic mass is 9.89. The molecule has 96 valence electrons. The van der Waals surface area contributed by atoms with Crippen molar-refractivity contribution in [3.8, 4) is 0 Å². The van der Waals surface area contributed by atoms with Crippen LogP contribution in [-0.4, -0.2) is 39.4 Å². The highest BCUT2D eigenvalue weighted by molar-refractivity contribution is 5.15. The lowest BCUT2D eigenvalue weighted by Gasteiger charge is -2.25. The van der Waals surface area contributed by atoms with Gasteiger partial charge in [-0.3, -0.25) is 4.68 Å². The van der Waals surface area contributed by atoms with E-state index in [-0.39, 0.29) is 0 Å². The number of rotatable bonds is 3. The van der Waals surface area contributed by atoms with Gasteiger partial charge in [0.1, 0.15) is 0 Å². The Morgan fingerprint density at radius 1 is 1.29 bits per heavy atom. The number of aromatic nitrogens is 2. The Bertz CT molecular complexity index is 363. The molecule has 1 aromatic heterocycles. The van der Waals surface area contributed by atoms with Crippen LogP contribution < -0.4 is 0 Å². The van der Waals surface area contributed by atoms with E-state index in [1.54, 1.807) is 0 Å². The third kappa shape index (κ3) is 2.69. The molecule has 0 amide bonds. The number of hydrogen-bond acceptors (Lipinski definition) is 3. The van der Waals surface area contributed by atoms with Crippen LogP contribution in [0.2, 0.25) is 0 Å². The molecule has 2 rings (SSSR count). The summed E-state index contributed by atoms with van der Waals surface area (Å²) in [6.07, 6.45) is 6.53. The van der Waals surface area contributed by atoms with E-state index >= 15 is 0 Å². The lowest BCUT2D eigenvalue weighted by molar-refractivity contribution is 0.0213. The van der Waals surface area contributed by atoms with Gasteiger partial charge in [0.25, 0.3) is 0 Å². The zero-order chi connectivity index (χ0) is 12.3. The lowest BCUT2D eigenvalue weighted by Crippen LogP contribution is -2.28. The third-order valence-electron chi connectivity index (χ3n) is 3.85. The Labute approximate surface area is 103 Å². The minimum absolute atomic E-state index is 0.669. The first-order valence-electron chi connectivity index (χ1n) is 6.65. The molecule has 0 bridgehead atoms. The summed E-state index contributed by atoms with van der Waals surface area (Å²) in [5, 5.41) is 15.0. The topological polar surface area (TPSA) is 41.3 Å². The highest BCUT2D eigenvalue weighted by atomic mass is 16.3. The zero-order valence-electron chi connectivity index (χ0n) is 10.9. The van der Waals surface area contributed by atoms with Gasteiger partial charge in [-0.05, 0) is 39.3 Å². The summed E-state index contributed by atoms with van der Waals surface area (Å²) in [7, 11) is 0. The molecule has 0 aromatic carbocycles. The molecule has 4 heteroatoms. The molecular weight excluding hydrogens is 214 g/mol. The van der Waals surface area contributed by atoms with Gasteiger partial charge in [-0.2, -0.15) is 5.10 Å². The second kappa shape index (κ2) is 5.19. The van der Waals surface area contributed by atoms with Crippen molar-refractivity contribution in [3.63, 3.8) is 0 Å². The molecule has 0 aliphatic carbocycles. The Kier molecular flexibility index (Phi) is 3.84. The fourth-order valence-corrected chi connectivity index (χ4v) is 2.56. The normalized spacial score (nSPS) is 27.0. The number of aliphatic hydroxyl groups is 1. The van der Waals surface area contributed by atoms with E-state index in [9.17, 15) is 5.11 Å². The molecule has 1 atom stereocenters. The van der Waals surface area contributed by atoms with Gasteiger partial charge in [-0.15, -0.1) is 0 Å². The van der Waals surface area contributed by atoms with E-state index < -0.39 is 5.60 Å². The van der Waals surface area contributed by atoms with Crippen molar-refractivity contribution in [2.24, 2.45) is 0 Å². The van der Waals surface area contributed by atoms with E-state index in [0.717, 1.165) is 51.0 Å². The monoisotopic (exact) mass is 237 g/mol. The van der Waals surface area contributed by atoms with Crippen molar-refractivity contribution in [2.45, 2.75) is 45.3 Å². The average Bonchev–Trinajstić information content (AvgIpc) is 2.75. The molecule has 1 fully saturated rings. The predicted molar refractivity (Wildman–Crippen MR) is 67.8 cm³/mol. The first-order valence-corrected chi connectivity index (χ1v) is 6.65. The molecule has 1 saturated heterocycles. The third-order valence-corrected chi connectivity index (χ3v) is 3.85. The van der Waals surface area contributed by atoms with Crippen LogP contribution in [0.15, 0.2) is 12.4 Å². The van der Waals surface area contributed by atoms with E-state index in [4.69, 9.17) is 0 Å². The van der Waals surface area contributed by atoms with Crippen LogP contribution in [-0.2, 0) is 12.1 Å². The molecule has 17 heavy (non-hydrogen) atoms. The fraction of sp³-hybridized carbons (Fsp3) is 0.769. The summed E-state index contributed by atoms with van der Waals surface area (Å²) in [5.74, 6) is 0. The molecule has 0 spiro atoms. The van der Waals surface area contributed by atoms with E-state index in [0.29, 0.717) is 0 Å². The highest BCUT2D eigenvalue weighted by Crippen LogP contribution is 2.32. The zero-order valence-corrected chi connectivity index (χ0v) is 10.9. The quantitative estimate of drug-likeness (QED) is 0.868. The van der Waals surface area contributed by atoms with Crippen molar-refractivity contribution in [1.29, 1.82) is 0 Å².